The van der Waals surface area contributed by atoms with Crippen LogP contribution >= 0.6 is 0 Å². The lowest BCUT2D eigenvalue weighted by atomic mass is 10.3. The molecule has 0 aromatic rings. The first kappa shape index (κ1) is 10.4. The maximum atomic E-state index is 7.54. The van der Waals surface area contributed by atoms with Crippen LogP contribution in [0.1, 0.15) is 20.3 Å². The fourth-order valence-electron chi connectivity index (χ4n) is 0.909. The fourth-order valence-corrected chi connectivity index (χ4v) is 0.909. The Morgan fingerprint density at radius 2 is 2.09 bits per heavy atom. The van der Waals surface area contributed by atoms with Crippen LogP contribution in [-0.2, 0) is 4.74 Å². The van der Waals surface area contributed by atoms with Crippen LogP contribution in [0.5, 0.6) is 0 Å². The van der Waals surface area contributed by atoms with E-state index in [0.29, 0.717) is 12.4 Å². The number of ether oxygens (including phenoxy) is 1. The van der Waals surface area contributed by atoms with E-state index in [1.54, 1.807) is 7.11 Å². The first-order valence-electron chi connectivity index (χ1n) is 4.07. The molecule has 0 rings (SSSR count). The third kappa shape index (κ3) is 3.98. The van der Waals surface area contributed by atoms with E-state index in [4.69, 9.17) is 10.1 Å². The molecular formula is C8H18N2O. The molecule has 0 aliphatic carbocycles. The van der Waals surface area contributed by atoms with Gasteiger partial charge in [0, 0.05) is 26.6 Å². The highest BCUT2D eigenvalue weighted by molar-refractivity contribution is 5.78. The molecule has 0 unspecified atom stereocenters. The Kier molecular flexibility index (Phi) is 5.84. The van der Waals surface area contributed by atoms with Crippen molar-refractivity contribution < 1.29 is 4.74 Å². The molecule has 3 heteroatoms. The molecule has 0 atom stereocenters. The van der Waals surface area contributed by atoms with Gasteiger partial charge in [0.1, 0.15) is 0 Å². The lowest BCUT2D eigenvalue weighted by Crippen LogP contribution is -2.32. The van der Waals surface area contributed by atoms with Crippen LogP contribution in [0.3, 0.4) is 0 Å². The summed E-state index contributed by atoms with van der Waals surface area (Å²) in [4.78, 5) is 2.02. The molecule has 0 heterocycles. The molecule has 0 amide bonds. The monoisotopic (exact) mass is 158 g/mol. The van der Waals surface area contributed by atoms with Crippen molar-refractivity contribution in [1.82, 2.24) is 4.90 Å². The summed E-state index contributed by atoms with van der Waals surface area (Å²) in [5, 5.41) is 7.54. The first-order valence-corrected chi connectivity index (χ1v) is 4.07. The molecule has 0 fully saturated rings. The lowest BCUT2D eigenvalue weighted by molar-refractivity contribution is 0.177. The zero-order valence-corrected chi connectivity index (χ0v) is 7.68. The van der Waals surface area contributed by atoms with Gasteiger partial charge in [-0.25, -0.2) is 0 Å². The number of hydrogen-bond donors (Lipinski definition) is 1. The summed E-state index contributed by atoms with van der Waals surface area (Å²) in [5.74, 6) is 0.699. The van der Waals surface area contributed by atoms with Gasteiger partial charge in [-0.05, 0) is 6.92 Å². The second-order valence-corrected chi connectivity index (χ2v) is 2.37. The average Bonchev–Trinajstić information content (AvgIpc) is 2.05. The summed E-state index contributed by atoms with van der Waals surface area (Å²) >= 11 is 0. The van der Waals surface area contributed by atoms with Crippen LogP contribution in [0.25, 0.3) is 0 Å². The topological polar surface area (TPSA) is 36.3 Å². The summed E-state index contributed by atoms with van der Waals surface area (Å²) in [6, 6.07) is 0. The van der Waals surface area contributed by atoms with Crippen LogP contribution < -0.4 is 0 Å². The molecule has 0 bridgehead atoms. The zero-order chi connectivity index (χ0) is 8.69. The van der Waals surface area contributed by atoms with Crippen molar-refractivity contribution in [2.75, 3.05) is 26.8 Å². The second kappa shape index (κ2) is 6.16. The minimum Gasteiger partial charge on any atom is -0.383 e. The Morgan fingerprint density at radius 1 is 1.45 bits per heavy atom. The third-order valence-corrected chi connectivity index (χ3v) is 1.66. The van der Waals surface area contributed by atoms with Crippen molar-refractivity contribution in [3.8, 4) is 0 Å². The van der Waals surface area contributed by atoms with Crippen LogP contribution in [0, 0.1) is 5.41 Å². The summed E-state index contributed by atoms with van der Waals surface area (Å²) in [6.07, 6.45) is 0.803. The van der Waals surface area contributed by atoms with Crippen LogP contribution in [0.15, 0.2) is 0 Å². The highest BCUT2D eigenvalue weighted by Gasteiger charge is 2.03. The number of rotatable bonds is 5. The van der Waals surface area contributed by atoms with Crippen molar-refractivity contribution in [1.29, 1.82) is 5.41 Å². The zero-order valence-electron chi connectivity index (χ0n) is 7.68. The summed E-state index contributed by atoms with van der Waals surface area (Å²) in [7, 11) is 1.68. The van der Waals surface area contributed by atoms with E-state index in [0.717, 1.165) is 19.5 Å². The van der Waals surface area contributed by atoms with E-state index in [1.165, 1.54) is 0 Å². The molecule has 0 aromatic heterocycles. The summed E-state index contributed by atoms with van der Waals surface area (Å²) < 4.78 is 4.93. The largest absolute Gasteiger partial charge is 0.383 e. The number of amidine groups is 1. The minimum absolute atomic E-state index is 0.699. The molecule has 66 valence electrons. The molecule has 1 N–H and O–H groups in total. The molecule has 0 radical (unpaired) electrons. The number of likely N-dealkylation sites (N-methyl/N-ethyl adjacent to an activating group) is 1. The normalized spacial score (nSPS) is 9.73. The van der Waals surface area contributed by atoms with Crippen molar-refractivity contribution >= 4 is 5.84 Å². The van der Waals surface area contributed by atoms with Crippen LogP contribution in [0.2, 0.25) is 0 Å². The fraction of sp³-hybridized carbons (Fsp3) is 0.875. The lowest BCUT2D eigenvalue weighted by Gasteiger charge is -2.21. The number of methoxy groups -OCH3 is 1. The molecule has 11 heavy (non-hydrogen) atoms. The van der Waals surface area contributed by atoms with Gasteiger partial charge in [-0.1, -0.05) is 6.92 Å². The van der Waals surface area contributed by atoms with Gasteiger partial charge in [-0.2, -0.15) is 0 Å². The number of nitrogens with one attached hydrogen (secondary N) is 1. The van der Waals surface area contributed by atoms with Gasteiger partial charge in [0.15, 0.2) is 0 Å². The van der Waals surface area contributed by atoms with E-state index >= 15 is 0 Å². The van der Waals surface area contributed by atoms with Crippen LogP contribution in [0.4, 0.5) is 0 Å². The molecule has 0 aliphatic rings. The standard InChI is InChI=1S/C8H18N2O/c1-4-8(9)10(5-2)6-7-11-3/h9H,4-7H2,1-3H3. The summed E-state index contributed by atoms with van der Waals surface area (Å²) in [5.41, 5.74) is 0. The quantitative estimate of drug-likeness (QED) is 0.484. The van der Waals surface area contributed by atoms with E-state index in [1.807, 2.05) is 11.8 Å². The van der Waals surface area contributed by atoms with Crippen molar-refractivity contribution in [2.45, 2.75) is 20.3 Å². The molecule has 3 nitrogen and oxygen atoms in total. The summed E-state index contributed by atoms with van der Waals surface area (Å²) in [6.45, 7) is 6.49. The Balaban J connectivity index is 3.65. The van der Waals surface area contributed by atoms with Crippen molar-refractivity contribution in [2.24, 2.45) is 0 Å². The van der Waals surface area contributed by atoms with Gasteiger partial charge < -0.3 is 9.64 Å². The van der Waals surface area contributed by atoms with E-state index in [2.05, 4.69) is 6.92 Å². The smallest absolute Gasteiger partial charge is 0.0955 e. The van der Waals surface area contributed by atoms with Gasteiger partial charge in [0.05, 0.1) is 12.4 Å². The predicted octanol–water partition coefficient (Wildman–Crippen LogP) is 1.34. The third-order valence-electron chi connectivity index (χ3n) is 1.66. The number of nitrogens with zero attached hydrogens (tertiary/aromatic N) is 1. The van der Waals surface area contributed by atoms with Gasteiger partial charge in [-0.3, -0.25) is 5.41 Å². The van der Waals surface area contributed by atoms with Gasteiger partial charge in [0.2, 0.25) is 0 Å². The van der Waals surface area contributed by atoms with E-state index in [9.17, 15) is 0 Å². The first-order chi connectivity index (χ1) is 5.26. The highest BCUT2D eigenvalue weighted by Crippen LogP contribution is 1.93. The van der Waals surface area contributed by atoms with Crippen LogP contribution in [-0.4, -0.2) is 37.5 Å². The van der Waals surface area contributed by atoms with Gasteiger partial charge in [0.25, 0.3) is 0 Å². The predicted molar refractivity (Wildman–Crippen MR) is 47.1 cm³/mol. The molecule has 0 aliphatic heterocycles. The molecule has 0 spiro atoms. The Morgan fingerprint density at radius 3 is 2.45 bits per heavy atom. The second-order valence-electron chi connectivity index (χ2n) is 2.37. The number of hydrogen-bond acceptors (Lipinski definition) is 2. The maximum absolute atomic E-state index is 7.54. The Labute approximate surface area is 68.9 Å². The molecular weight excluding hydrogens is 140 g/mol. The van der Waals surface area contributed by atoms with Crippen molar-refractivity contribution in [3.63, 3.8) is 0 Å². The van der Waals surface area contributed by atoms with Gasteiger partial charge >= 0.3 is 0 Å². The van der Waals surface area contributed by atoms with E-state index in [-0.39, 0.29) is 0 Å². The Hall–Kier alpha value is -0.570. The average molecular weight is 158 g/mol. The Bertz CT molecular complexity index is 115. The SMILES string of the molecule is CCC(=N)N(CC)CCOC. The van der Waals surface area contributed by atoms with E-state index < -0.39 is 0 Å². The molecule has 0 aromatic carbocycles. The molecule has 0 saturated heterocycles. The minimum atomic E-state index is 0.699. The highest BCUT2D eigenvalue weighted by atomic mass is 16.5. The van der Waals surface area contributed by atoms with Crippen molar-refractivity contribution in [3.05, 3.63) is 0 Å². The maximum Gasteiger partial charge on any atom is 0.0955 e. The van der Waals surface area contributed by atoms with Gasteiger partial charge in [-0.15, -0.1) is 0 Å². The molecule has 0 saturated carbocycles.